The Hall–Kier alpha value is -7.64. The normalized spacial score (nSPS) is 13.9. The molecule has 8 aromatic carbocycles. The van der Waals surface area contributed by atoms with E-state index in [9.17, 15) is 0 Å². The van der Waals surface area contributed by atoms with Crippen molar-refractivity contribution in [2.24, 2.45) is 4.99 Å². The number of aliphatic imine (C=N–C) groups is 1. The zero-order valence-electron chi connectivity index (χ0n) is 33.1. The van der Waals surface area contributed by atoms with Gasteiger partial charge in [-0.15, -0.1) is 11.3 Å². The Bertz CT molecular complexity index is 3190. The predicted octanol–water partition coefficient (Wildman–Crippen LogP) is 12.7. The molecule has 61 heavy (non-hydrogen) atoms. The van der Waals surface area contributed by atoms with Gasteiger partial charge >= 0.3 is 0 Å². The molecule has 0 radical (unpaired) electrons. The fourth-order valence-electron chi connectivity index (χ4n) is 8.28. The van der Waals surface area contributed by atoms with Gasteiger partial charge < -0.3 is 0 Å². The summed E-state index contributed by atoms with van der Waals surface area (Å²) in [7, 11) is 0. The third-order valence-electron chi connectivity index (χ3n) is 11.3. The zero-order chi connectivity index (χ0) is 40.5. The second-order valence-electron chi connectivity index (χ2n) is 15.2. The number of fused-ring (bicyclic) bond motifs is 3. The molecule has 288 valence electrons. The van der Waals surface area contributed by atoms with E-state index >= 15 is 0 Å². The van der Waals surface area contributed by atoms with Crippen LogP contribution in [0.3, 0.4) is 0 Å². The van der Waals surface area contributed by atoms with Crippen LogP contribution in [-0.2, 0) is 0 Å². The molecule has 5 nitrogen and oxygen atoms in total. The van der Waals surface area contributed by atoms with Crippen LogP contribution < -0.4 is 5.32 Å². The highest BCUT2D eigenvalue weighted by atomic mass is 32.1. The van der Waals surface area contributed by atoms with Crippen molar-refractivity contribution < 1.29 is 5.32 Å². The Kier molecular flexibility index (Phi) is 9.47. The summed E-state index contributed by atoms with van der Waals surface area (Å²) in [6.07, 6.45) is 2.28. The minimum absolute atomic E-state index is 0.0876. The second-order valence-corrected chi connectivity index (χ2v) is 16.2. The SMILES string of the molecule is C1=C(c2ccccc2)N=C(c2cccc(-c3c(-c4ccc(-c5nc(-c6ccccc6)nc(-c6ccccc6)n5)cc4)ccc4c3sc3ccccc34)c2)[NH2+]C1c1ccccc1. The van der Waals surface area contributed by atoms with E-state index in [-0.39, 0.29) is 6.04 Å². The maximum atomic E-state index is 5.31. The average Bonchev–Trinajstić information content (AvgIpc) is 3.73. The third-order valence-corrected chi connectivity index (χ3v) is 12.5. The second kappa shape index (κ2) is 15.8. The molecule has 1 atom stereocenters. The molecule has 2 aromatic heterocycles. The lowest BCUT2D eigenvalue weighted by atomic mass is 9.91. The number of thiophene rings is 1. The molecule has 11 rings (SSSR count). The van der Waals surface area contributed by atoms with Crippen LogP contribution in [0.1, 0.15) is 22.7 Å². The average molecular weight is 801 g/mol. The van der Waals surface area contributed by atoms with Gasteiger partial charge in [-0.05, 0) is 34.9 Å². The minimum atomic E-state index is 0.0876. The number of benzene rings is 8. The van der Waals surface area contributed by atoms with Crippen molar-refractivity contribution in [3.63, 3.8) is 0 Å². The summed E-state index contributed by atoms with van der Waals surface area (Å²) in [5.74, 6) is 2.89. The number of rotatable bonds is 8. The molecule has 10 aromatic rings. The summed E-state index contributed by atoms with van der Waals surface area (Å²) < 4.78 is 2.54. The van der Waals surface area contributed by atoms with E-state index in [2.05, 4.69) is 157 Å². The summed E-state index contributed by atoms with van der Waals surface area (Å²) in [6, 6.07) is 72.4. The van der Waals surface area contributed by atoms with Crippen molar-refractivity contribution >= 4 is 43.0 Å². The molecule has 0 aliphatic carbocycles. The van der Waals surface area contributed by atoms with Crippen molar-refractivity contribution in [3.05, 3.63) is 229 Å². The Labute approximate surface area is 358 Å². The summed E-state index contributed by atoms with van der Waals surface area (Å²) in [5.41, 5.74) is 11.9. The molecular formula is C55H38N5S+. The van der Waals surface area contributed by atoms with Crippen molar-refractivity contribution in [1.29, 1.82) is 0 Å². The molecular weight excluding hydrogens is 763 g/mol. The number of hydrogen-bond acceptors (Lipinski definition) is 5. The van der Waals surface area contributed by atoms with Gasteiger partial charge in [-0.25, -0.2) is 15.0 Å². The highest BCUT2D eigenvalue weighted by molar-refractivity contribution is 7.26. The lowest BCUT2D eigenvalue weighted by Gasteiger charge is -2.20. The number of amidine groups is 1. The molecule has 1 aliphatic rings. The minimum Gasteiger partial charge on any atom is -0.287 e. The number of hydrogen-bond donors (Lipinski definition) is 1. The molecule has 0 fully saturated rings. The highest BCUT2D eigenvalue weighted by Crippen LogP contribution is 2.45. The van der Waals surface area contributed by atoms with Crippen LogP contribution in [0.4, 0.5) is 0 Å². The first-order chi connectivity index (χ1) is 30.2. The molecule has 0 saturated heterocycles. The lowest BCUT2D eigenvalue weighted by Crippen LogP contribution is -2.89. The molecule has 0 amide bonds. The van der Waals surface area contributed by atoms with Crippen LogP contribution in [0.5, 0.6) is 0 Å². The molecule has 0 bridgehead atoms. The van der Waals surface area contributed by atoms with E-state index in [4.69, 9.17) is 19.9 Å². The van der Waals surface area contributed by atoms with Crippen LogP contribution >= 0.6 is 11.3 Å². The van der Waals surface area contributed by atoms with Crippen LogP contribution in [-0.4, -0.2) is 20.8 Å². The third kappa shape index (κ3) is 7.14. The first-order valence-corrected chi connectivity index (χ1v) is 21.3. The van der Waals surface area contributed by atoms with Crippen molar-refractivity contribution in [2.45, 2.75) is 6.04 Å². The molecule has 2 N–H and O–H groups in total. The van der Waals surface area contributed by atoms with Crippen LogP contribution in [0.15, 0.2) is 217 Å². The summed E-state index contributed by atoms with van der Waals surface area (Å²) >= 11 is 1.85. The number of nitrogens with zero attached hydrogens (tertiary/aromatic N) is 4. The monoisotopic (exact) mass is 800 g/mol. The van der Waals surface area contributed by atoms with E-state index in [1.54, 1.807) is 0 Å². The molecule has 1 aliphatic heterocycles. The van der Waals surface area contributed by atoms with Crippen LogP contribution in [0.2, 0.25) is 0 Å². The smallest absolute Gasteiger partial charge is 0.232 e. The summed E-state index contributed by atoms with van der Waals surface area (Å²) in [6.45, 7) is 0. The van der Waals surface area contributed by atoms with Gasteiger partial charge in [0.2, 0.25) is 5.84 Å². The van der Waals surface area contributed by atoms with E-state index in [1.807, 2.05) is 72.0 Å². The van der Waals surface area contributed by atoms with Gasteiger partial charge in [0.15, 0.2) is 17.5 Å². The zero-order valence-corrected chi connectivity index (χ0v) is 33.9. The van der Waals surface area contributed by atoms with Gasteiger partial charge in [-0.1, -0.05) is 188 Å². The van der Waals surface area contributed by atoms with E-state index < -0.39 is 0 Å². The van der Waals surface area contributed by atoms with Gasteiger partial charge in [0.05, 0.1) is 11.3 Å². The maximum Gasteiger partial charge on any atom is 0.232 e. The fraction of sp³-hybridized carbons (Fsp3) is 0.0182. The number of aromatic nitrogens is 3. The quantitative estimate of drug-likeness (QED) is 0.166. The Morgan fingerprint density at radius 1 is 0.410 bits per heavy atom. The van der Waals surface area contributed by atoms with Gasteiger partial charge in [0.25, 0.3) is 0 Å². The molecule has 6 heteroatoms. The van der Waals surface area contributed by atoms with Crippen LogP contribution in [0, 0.1) is 0 Å². The van der Waals surface area contributed by atoms with Gasteiger partial charge in [-0.3, -0.25) is 5.32 Å². The Balaban J connectivity index is 1.03. The highest BCUT2D eigenvalue weighted by Gasteiger charge is 2.25. The van der Waals surface area contributed by atoms with E-state index in [1.165, 1.54) is 31.3 Å². The van der Waals surface area contributed by atoms with Gasteiger partial charge in [-0.2, -0.15) is 4.99 Å². The van der Waals surface area contributed by atoms with Gasteiger partial charge in [0.1, 0.15) is 6.04 Å². The number of quaternary nitrogens is 1. The van der Waals surface area contributed by atoms with Gasteiger partial charge in [0, 0.05) is 59.6 Å². The fourth-order valence-corrected chi connectivity index (χ4v) is 9.55. The van der Waals surface area contributed by atoms with Crippen molar-refractivity contribution in [2.75, 3.05) is 0 Å². The summed E-state index contributed by atoms with van der Waals surface area (Å²) in [4.78, 5) is 20.2. The van der Waals surface area contributed by atoms with E-state index in [0.29, 0.717) is 17.5 Å². The molecule has 3 heterocycles. The lowest BCUT2D eigenvalue weighted by molar-refractivity contribution is -0.575. The Morgan fingerprint density at radius 3 is 1.59 bits per heavy atom. The predicted molar refractivity (Wildman–Crippen MR) is 252 cm³/mol. The number of nitrogens with two attached hydrogens (primary N) is 1. The summed E-state index contributed by atoms with van der Waals surface area (Å²) in [5, 5.41) is 4.83. The Morgan fingerprint density at radius 2 is 0.934 bits per heavy atom. The van der Waals surface area contributed by atoms with Crippen LogP contribution in [0.25, 0.3) is 82.3 Å². The standard InChI is InChI=1S/C55H37N5S/c1-5-16-37(17-6-1)47-35-48(38-18-7-2-8-19-38)57-55(56-47)43-25-15-24-42(34-43)50-44(32-33-46-45-26-13-14-27-49(45)61-51(46)50)36-28-30-41(31-29-36)54-59-52(39-20-9-3-10-21-39)58-53(60-54)40-22-11-4-12-23-40/h1-35,47H,(H,56,57)/p+1. The first kappa shape index (κ1) is 36.4. The molecule has 0 spiro atoms. The first-order valence-electron chi connectivity index (χ1n) is 20.5. The van der Waals surface area contributed by atoms with Crippen molar-refractivity contribution in [1.82, 2.24) is 15.0 Å². The van der Waals surface area contributed by atoms with E-state index in [0.717, 1.165) is 56.0 Å². The van der Waals surface area contributed by atoms with Crippen molar-refractivity contribution in [3.8, 4) is 56.4 Å². The maximum absolute atomic E-state index is 5.31. The topological polar surface area (TPSA) is 67.6 Å². The largest absolute Gasteiger partial charge is 0.287 e. The molecule has 0 saturated carbocycles. The molecule has 1 unspecified atom stereocenters.